The van der Waals surface area contributed by atoms with Crippen LogP contribution in [0.15, 0.2) is 36.5 Å². The Labute approximate surface area is 199 Å². The summed E-state index contributed by atoms with van der Waals surface area (Å²) in [5.74, 6) is 0.540. The van der Waals surface area contributed by atoms with Gasteiger partial charge in [-0.2, -0.15) is 13.2 Å². The Morgan fingerprint density at radius 2 is 2.09 bits per heavy atom. The normalized spacial score (nSPS) is 16.9. The minimum atomic E-state index is -4.45. The summed E-state index contributed by atoms with van der Waals surface area (Å²) in [6, 6.07) is 8.25. The van der Waals surface area contributed by atoms with Gasteiger partial charge in [0, 0.05) is 43.3 Å². The van der Waals surface area contributed by atoms with Crippen LogP contribution < -0.4 is 10.5 Å². The molecule has 3 aromatic heterocycles. The molecule has 0 aliphatic carbocycles. The number of ether oxygens (including phenoxy) is 1. The molecule has 1 aliphatic rings. The van der Waals surface area contributed by atoms with E-state index in [1.807, 2.05) is 0 Å². The van der Waals surface area contributed by atoms with Crippen LogP contribution in [0.25, 0.3) is 33.6 Å². The lowest BCUT2D eigenvalue weighted by Gasteiger charge is -2.30. The molecule has 8 nitrogen and oxygen atoms in total. The Morgan fingerprint density at radius 1 is 1.29 bits per heavy atom. The number of carbonyl (C=O) groups is 1. The fourth-order valence-electron chi connectivity index (χ4n) is 4.81. The lowest BCUT2D eigenvalue weighted by molar-refractivity contribution is -0.139. The summed E-state index contributed by atoms with van der Waals surface area (Å²) >= 11 is 0. The number of aromatic nitrogens is 4. The van der Waals surface area contributed by atoms with Gasteiger partial charge < -0.3 is 24.5 Å². The van der Waals surface area contributed by atoms with Gasteiger partial charge in [-0.25, -0.2) is 9.97 Å². The summed E-state index contributed by atoms with van der Waals surface area (Å²) in [7, 11) is 3.19. The smallest absolute Gasteiger partial charge is 0.406 e. The van der Waals surface area contributed by atoms with E-state index in [1.54, 1.807) is 46.8 Å². The van der Waals surface area contributed by atoms with Gasteiger partial charge in [-0.1, -0.05) is 0 Å². The first kappa shape index (κ1) is 23.2. The minimum absolute atomic E-state index is 0.0658. The van der Waals surface area contributed by atoms with Crippen LogP contribution in [0.2, 0.25) is 0 Å². The SMILES string of the molecule is COc1cc(C(=O)N2CCCC(N)C2)cc2nc(-c3cc4cccnc4n3CC(F)(F)F)n(C)c12. The van der Waals surface area contributed by atoms with Crippen LogP contribution in [0.3, 0.4) is 0 Å². The zero-order valence-electron chi connectivity index (χ0n) is 19.3. The molecule has 0 radical (unpaired) electrons. The van der Waals surface area contributed by atoms with Crippen LogP contribution in [0.1, 0.15) is 23.2 Å². The van der Waals surface area contributed by atoms with E-state index in [0.29, 0.717) is 46.6 Å². The molecule has 1 amide bonds. The average Bonchev–Trinajstić information content (AvgIpc) is 3.34. The zero-order chi connectivity index (χ0) is 24.9. The van der Waals surface area contributed by atoms with Gasteiger partial charge >= 0.3 is 6.18 Å². The number of rotatable bonds is 4. The predicted molar refractivity (Wildman–Crippen MR) is 125 cm³/mol. The Morgan fingerprint density at radius 3 is 2.80 bits per heavy atom. The summed E-state index contributed by atoms with van der Waals surface area (Å²) in [6.45, 7) is -0.121. The Kier molecular flexibility index (Phi) is 5.66. The highest BCUT2D eigenvalue weighted by Gasteiger charge is 2.32. The lowest BCUT2D eigenvalue weighted by Crippen LogP contribution is -2.45. The number of fused-ring (bicyclic) bond motifs is 2. The molecule has 4 heterocycles. The topological polar surface area (TPSA) is 91.2 Å². The highest BCUT2D eigenvalue weighted by molar-refractivity contribution is 6.00. The number of pyridine rings is 1. The highest BCUT2D eigenvalue weighted by atomic mass is 19.4. The van der Waals surface area contributed by atoms with Gasteiger partial charge in [-0.05, 0) is 43.2 Å². The van der Waals surface area contributed by atoms with E-state index in [1.165, 1.54) is 13.3 Å². The molecule has 184 valence electrons. The number of likely N-dealkylation sites (tertiary alicyclic amines) is 1. The van der Waals surface area contributed by atoms with Crippen molar-refractivity contribution in [3.05, 3.63) is 42.1 Å². The fourth-order valence-corrected chi connectivity index (χ4v) is 4.81. The number of carbonyl (C=O) groups excluding carboxylic acids is 1. The van der Waals surface area contributed by atoms with Crippen LogP contribution in [0.5, 0.6) is 5.75 Å². The number of amides is 1. The van der Waals surface area contributed by atoms with Crippen LogP contribution >= 0.6 is 0 Å². The number of halogens is 3. The second-order valence-corrected chi connectivity index (χ2v) is 8.84. The van der Waals surface area contributed by atoms with Gasteiger partial charge in [0.2, 0.25) is 0 Å². The van der Waals surface area contributed by atoms with Crippen molar-refractivity contribution in [1.82, 2.24) is 24.0 Å². The van der Waals surface area contributed by atoms with Crippen LogP contribution in [-0.4, -0.2) is 62.3 Å². The Hall–Kier alpha value is -3.60. The van der Waals surface area contributed by atoms with E-state index >= 15 is 0 Å². The third-order valence-electron chi connectivity index (χ3n) is 6.37. The second kappa shape index (κ2) is 8.56. The summed E-state index contributed by atoms with van der Waals surface area (Å²) in [4.78, 5) is 23.7. The average molecular weight is 486 g/mol. The number of aryl methyl sites for hydroxylation is 1. The number of methoxy groups -OCH3 is 1. The summed E-state index contributed by atoms with van der Waals surface area (Å²) in [5, 5.41) is 0.572. The number of alkyl halides is 3. The standard InChI is InChI=1S/C24H25F3N6O2/c1-31-20-17(9-15(11-19(20)35-2)23(34)32-8-4-6-16(28)12-32)30-22(31)18-10-14-5-3-7-29-21(14)33(18)13-24(25,26)27/h3,5,7,9-11,16H,4,6,8,12-13,28H2,1-2H3. The van der Waals surface area contributed by atoms with E-state index in [9.17, 15) is 18.0 Å². The molecule has 2 N–H and O–H groups in total. The minimum Gasteiger partial charge on any atom is -0.494 e. The van der Waals surface area contributed by atoms with E-state index in [2.05, 4.69) is 9.97 Å². The fraction of sp³-hybridized carbons (Fsp3) is 0.375. The second-order valence-electron chi connectivity index (χ2n) is 8.84. The highest BCUT2D eigenvalue weighted by Crippen LogP contribution is 2.35. The van der Waals surface area contributed by atoms with Gasteiger partial charge in [0.15, 0.2) is 5.82 Å². The number of hydrogen-bond acceptors (Lipinski definition) is 5. The zero-order valence-corrected chi connectivity index (χ0v) is 19.3. The Bertz CT molecular complexity index is 1420. The van der Waals surface area contributed by atoms with Crippen LogP contribution in [0.4, 0.5) is 13.2 Å². The first-order valence-electron chi connectivity index (χ1n) is 11.3. The van der Waals surface area contributed by atoms with Crippen LogP contribution in [-0.2, 0) is 13.6 Å². The number of nitrogens with two attached hydrogens (primary N) is 1. The molecule has 1 aliphatic heterocycles. The quantitative estimate of drug-likeness (QED) is 0.475. The molecule has 4 aromatic rings. The van der Waals surface area contributed by atoms with E-state index < -0.39 is 12.7 Å². The van der Waals surface area contributed by atoms with Crippen molar-refractivity contribution in [2.75, 3.05) is 20.2 Å². The monoisotopic (exact) mass is 486 g/mol. The molecule has 11 heteroatoms. The summed E-state index contributed by atoms with van der Waals surface area (Å²) in [6.07, 6.45) is -1.29. The lowest BCUT2D eigenvalue weighted by atomic mass is 10.0. The largest absolute Gasteiger partial charge is 0.494 e. The maximum absolute atomic E-state index is 13.5. The first-order chi connectivity index (χ1) is 16.7. The van der Waals surface area contributed by atoms with Crippen LogP contribution in [0, 0.1) is 0 Å². The van der Waals surface area contributed by atoms with Crippen molar-refractivity contribution < 1.29 is 22.7 Å². The Balaban J connectivity index is 1.65. The molecular weight excluding hydrogens is 461 g/mol. The van der Waals surface area contributed by atoms with Gasteiger partial charge in [-0.3, -0.25) is 4.79 Å². The molecule has 35 heavy (non-hydrogen) atoms. The molecule has 1 fully saturated rings. The van der Waals surface area contributed by atoms with Gasteiger partial charge in [0.1, 0.15) is 23.5 Å². The number of piperidine rings is 1. The van der Waals surface area contributed by atoms with Crippen molar-refractivity contribution in [2.45, 2.75) is 31.6 Å². The predicted octanol–water partition coefficient (Wildman–Crippen LogP) is 3.72. The molecular formula is C24H25F3N6O2. The molecule has 1 unspecified atom stereocenters. The van der Waals surface area contributed by atoms with E-state index in [4.69, 9.17) is 10.5 Å². The number of nitrogens with zero attached hydrogens (tertiary/aromatic N) is 5. The maximum Gasteiger partial charge on any atom is 0.406 e. The molecule has 5 rings (SSSR count). The van der Waals surface area contributed by atoms with Crippen molar-refractivity contribution in [2.24, 2.45) is 12.8 Å². The van der Waals surface area contributed by atoms with Gasteiger partial charge in [0.25, 0.3) is 5.91 Å². The van der Waals surface area contributed by atoms with Crippen molar-refractivity contribution >= 4 is 28.0 Å². The first-order valence-corrected chi connectivity index (χ1v) is 11.3. The molecule has 0 spiro atoms. The van der Waals surface area contributed by atoms with Gasteiger partial charge in [0.05, 0.1) is 18.3 Å². The van der Waals surface area contributed by atoms with E-state index in [-0.39, 0.29) is 23.3 Å². The molecule has 0 saturated carbocycles. The maximum atomic E-state index is 13.5. The molecule has 1 saturated heterocycles. The van der Waals surface area contributed by atoms with Gasteiger partial charge in [-0.15, -0.1) is 0 Å². The third kappa shape index (κ3) is 4.20. The van der Waals surface area contributed by atoms with Crippen molar-refractivity contribution in [3.63, 3.8) is 0 Å². The molecule has 1 atom stereocenters. The third-order valence-corrected chi connectivity index (χ3v) is 6.37. The summed E-state index contributed by atoms with van der Waals surface area (Å²) < 4.78 is 48.8. The van der Waals surface area contributed by atoms with Crippen molar-refractivity contribution in [1.29, 1.82) is 0 Å². The number of imidazole rings is 1. The van der Waals surface area contributed by atoms with Crippen molar-refractivity contribution in [3.8, 4) is 17.3 Å². The number of benzene rings is 1. The molecule has 0 bridgehead atoms. The number of hydrogen-bond donors (Lipinski definition) is 1. The van der Waals surface area contributed by atoms with E-state index in [0.717, 1.165) is 17.4 Å². The summed E-state index contributed by atoms with van der Waals surface area (Å²) in [5.41, 5.74) is 7.95. The molecule has 1 aromatic carbocycles.